The topological polar surface area (TPSA) is 89.3 Å². The Balaban J connectivity index is 2.23. The van der Waals surface area contributed by atoms with E-state index in [0.717, 1.165) is 37.2 Å². The molecule has 0 saturated carbocycles. The summed E-state index contributed by atoms with van der Waals surface area (Å²) in [6.45, 7) is 1.90. The van der Waals surface area contributed by atoms with Crippen molar-refractivity contribution in [3.63, 3.8) is 0 Å². The normalized spacial score (nSPS) is 15.2. The zero-order chi connectivity index (χ0) is 14.1. The van der Waals surface area contributed by atoms with Crippen LogP contribution < -0.4 is 5.73 Å². The van der Waals surface area contributed by atoms with Gasteiger partial charge in [-0.1, -0.05) is 5.16 Å². The van der Waals surface area contributed by atoms with Crippen LogP contribution in [0.2, 0.25) is 0 Å². The largest absolute Gasteiger partial charge is 0.409 e. The number of aryl methyl sites for hydroxylation is 3. The van der Waals surface area contributed by atoms with Gasteiger partial charge in [-0.25, -0.2) is 9.97 Å². The summed E-state index contributed by atoms with van der Waals surface area (Å²) in [5, 5.41) is 12.1. The molecule has 2 aromatic heterocycles. The number of nitrogens with two attached hydrogens (primary N) is 1. The first-order valence-electron chi connectivity index (χ1n) is 6.71. The first-order chi connectivity index (χ1) is 9.70. The third kappa shape index (κ3) is 2.03. The molecular weight excluding hydrogens is 254 g/mol. The molecule has 1 aliphatic carbocycles. The zero-order valence-electron chi connectivity index (χ0n) is 11.4. The Labute approximate surface area is 117 Å². The zero-order valence-corrected chi connectivity index (χ0v) is 11.4. The van der Waals surface area contributed by atoms with Crippen LogP contribution >= 0.6 is 0 Å². The molecule has 1 aliphatic rings. The molecule has 0 aromatic carbocycles. The molecule has 3 rings (SSSR count). The smallest absolute Gasteiger partial charge is 0.173 e. The second-order valence-corrected chi connectivity index (χ2v) is 5.00. The summed E-state index contributed by atoms with van der Waals surface area (Å²) in [6, 6.07) is 1.99. The monoisotopic (exact) mass is 271 g/mol. The number of nitrogens with zero attached hydrogens (tertiary/aromatic N) is 4. The van der Waals surface area contributed by atoms with Gasteiger partial charge in [-0.3, -0.25) is 4.57 Å². The maximum atomic E-state index is 8.99. The number of fused-ring (bicyclic) bond motifs is 1. The molecule has 0 fully saturated rings. The number of aromatic nitrogens is 3. The number of oxime groups is 1. The quantitative estimate of drug-likeness (QED) is 0.375. The van der Waals surface area contributed by atoms with E-state index >= 15 is 0 Å². The molecule has 0 amide bonds. The van der Waals surface area contributed by atoms with Crippen LogP contribution in [-0.4, -0.2) is 25.6 Å². The van der Waals surface area contributed by atoms with Crippen LogP contribution in [0, 0.1) is 6.92 Å². The molecule has 0 spiro atoms. The summed E-state index contributed by atoms with van der Waals surface area (Å²) >= 11 is 0. The van der Waals surface area contributed by atoms with Gasteiger partial charge in [0.2, 0.25) is 0 Å². The number of pyridine rings is 1. The maximum Gasteiger partial charge on any atom is 0.173 e. The van der Waals surface area contributed by atoms with Crippen molar-refractivity contribution >= 4 is 5.84 Å². The fraction of sp³-hybridized carbons (Fsp3) is 0.357. The molecule has 0 radical (unpaired) electrons. The van der Waals surface area contributed by atoms with Crippen molar-refractivity contribution in [1.82, 2.24) is 14.5 Å². The van der Waals surface area contributed by atoms with E-state index in [1.165, 1.54) is 5.56 Å². The lowest BCUT2D eigenvalue weighted by atomic mass is 9.94. The highest BCUT2D eigenvalue weighted by atomic mass is 16.4. The Morgan fingerprint density at radius 3 is 2.90 bits per heavy atom. The number of hydrogen-bond acceptors (Lipinski definition) is 4. The van der Waals surface area contributed by atoms with Gasteiger partial charge >= 0.3 is 0 Å². The number of rotatable bonds is 2. The van der Waals surface area contributed by atoms with Crippen molar-refractivity contribution in [1.29, 1.82) is 0 Å². The Kier molecular flexibility index (Phi) is 3.14. The summed E-state index contributed by atoms with van der Waals surface area (Å²) in [4.78, 5) is 8.95. The van der Waals surface area contributed by atoms with E-state index < -0.39 is 0 Å². The van der Waals surface area contributed by atoms with E-state index in [4.69, 9.17) is 15.9 Å². The fourth-order valence-corrected chi connectivity index (χ4v) is 2.65. The van der Waals surface area contributed by atoms with E-state index in [1.54, 1.807) is 6.20 Å². The molecule has 20 heavy (non-hydrogen) atoms. The molecule has 6 nitrogen and oxygen atoms in total. The van der Waals surface area contributed by atoms with Crippen molar-refractivity contribution in [2.75, 3.05) is 0 Å². The van der Waals surface area contributed by atoms with E-state index in [1.807, 2.05) is 23.8 Å². The SMILES string of the molecule is Cc1nccn1-c1nc2c(cc1C(N)=NO)CCCC2. The minimum atomic E-state index is 0.0778. The first kappa shape index (κ1) is 12.7. The molecule has 2 heterocycles. The minimum absolute atomic E-state index is 0.0778. The standard InChI is InChI=1S/C14H17N5O/c1-9-16-6-7-19(9)14-11(13(15)18-20)8-10-4-2-3-5-12(10)17-14/h6-8,20H,2-5H2,1H3,(H2,15,18). The predicted molar refractivity (Wildman–Crippen MR) is 75.2 cm³/mol. The number of hydrogen-bond donors (Lipinski definition) is 2. The molecule has 0 atom stereocenters. The first-order valence-corrected chi connectivity index (χ1v) is 6.71. The van der Waals surface area contributed by atoms with Crippen LogP contribution in [0.3, 0.4) is 0 Å². The van der Waals surface area contributed by atoms with Crippen molar-refractivity contribution in [2.45, 2.75) is 32.6 Å². The summed E-state index contributed by atoms with van der Waals surface area (Å²) in [5.41, 5.74) is 8.76. The van der Waals surface area contributed by atoms with Gasteiger partial charge in [0.05, 0.1) is 5.56 Å². The summed E-state index contributed by atoms with van der Waals surface area (Å²) in [5.74, 6) is 1.57. The van der Waals surface area contributed by atoms with Crippen LogP contribution in [0.4, 0.5) is 0 Å². The van der Waals surface area contributed by atoms with Gasteiger partial charge in [-0.2, -0.15) is 0 Å². The van der Waals surface area contributed by atoms with Crippen molar-refractivity contribution in [2.24, 2.45) is 10.9 Å². The van der Waals surface area contributed by atoms with E-state index in [2.05, 4.69) is 10.1 Å². The second-order valence-electron chi connectivity index (χ2n) is 5.00. The molecule has 0 bridgehead atoms. The third-order valence-electron chi connectivity index (χ3n) is 3.72. The second kappa shape index (κ2) is 4.96. The van der Waals surface area contributed by atoms with Crippen LogP contribution in [-0.2, 0) is 12.8 Å². The molecule has 6 heteroatoms. The Hall–Kier alpha value is -2.37. The van der Waals surface area contributed by atoms with Crippen LogP contribution in [0.1, 0.15) is 35.5 Å². The third-order valence-corrected chi connectivity index (χ3v) is 3.72. The van der Waals surface area contributed by atoms with Gasteiger partial charge in [0.15, 0.2) is 5.84 Å². The number of imidazole rings is 1. The molecule has 2 aromatic rings. The lowest BCUT2D eigenvalue weighted by Crippen LogP contribution is -2.20. The Morgan fingerprint density at radius 1 is 1.40 bits per heavy atom. The van der Waals surface area contributed by atoms with Gasteiger partial charge in [0, 0.05) is 18.1 Å². The molecule has 3 N–H and O–H groups in total. The molecule has 0 saturated heterocycles. The van der Waals surface area contributed by atoms with Crippen LogP contribution in [0.25, 0.3) is 5.82 Å². The van der Waals surface area contributed by atoms with Crippen molar-refractivity contribution in [3.05, 3.63) is 41.1 Å². The van der Waals surface area contributed by atoms with Crippen LogP contribution in [0.5, 0.6) is 0 Å². The van der Waals surface area contributed by atoms with E-state index in [9.17, 15) is 0 Å². The van der Waals surface area contributed by atoms with Gasteiger partial charge < -0.3 is 10.9 Å². The van der Waals surface area contributed by atoms with E-state index in [-0.39, 0.29) is 5.84 Å². The van der Waals surface area contributed by atoms with E-state index in [0.29, 0.717) is 11.4 Å². The predicted octanol–water partition coefficient (Wildman–Crippen LogP) is 1.55. The summed E-state index contributed by atoms with van der Waals surface area (Å²) < 4.78 is 1.86. The van der Waals surface area contributed by atoms with Gasteiger partial charge in [0.25, 0.3) is 0 Å². The van der Waals surface area contributed by atoms with Crippen LogP contribution in [0.15, 0.2) is 23.6 Å². The van der Waals surface area contributed by atoms with Gasteiger partial charge in [0.1, 0.15) is 11.6 Å². The minimum Gasteiger partial charge on any atom is -0.409 e. The Bertz CT molecular complexity index is 674. The van der Waals surface area contributed by atoms with Crippen molar-refractivity contribution < 1.29 is 5.21 Å². The Morgan fingerprint density at radius 2 is 2.20 bits per heavy atom. The summed E-state index contributed by atoms with van der Waals surface area (Å²) in [6.07, 6.45) is 7.84. The lowest BCUT2D eigenvalue weighted by Gasteiger charge is -2.19. The molecular formula is C14H17N5O. The average Bonchev–Trinajstić information content (AvgIpc) is 2.91. The van der Waals surface area contributed by atoms with Gasteiger partial charge in [-0.15, -0.1) is 0 Å². The molecule has 104 valence electrons. The highest BCUT2D eigenvalue weighted by Gasteiger charge is 2.19. The fourth-order valence-electron chi connectivity index (χ4n) is 2.65. The van der Waals surface area contributed by atoms with Crippen molar-refractivity contribution in [3.8, 4) is 5.82 Å². The lowest BCUT2D eigenvalue weighted by molar-refractivity contribution is 0.318. The average molecular weight is 271 g/mol. The highest BCUT2D eigenvalue weighted by molar-refractivity contribution is 6.00. The molecule has 0 unspecified atom stereocenters. The number of amidine groups is 1. The molecule has 0 aliphatic heterocycles. The maximum absolute atomic E-state index is 8.99. The summed E-state index contributed by atoms with van der Waals surface area (Å²) in [7, 11) is 0. The van der Waals surface area contributed by atoms with Gasteiger partial charge in [-0.05, 0) is 44.2 Å². The highest BCUT2D eigenvalue weighted by Crippen LogP contribution is 2.24.